The predicted molar refractivity (Wildman–Crippen MR) is 77.9 cm³/mol. The van der Waals surface area contributed by atoms with Crippen LogP contribution in [0.1, 0.15) is 38.2 Å². The second kappa shape index (κ2) is 6.57. The topological polar surface area (TPSA) is 67.2 Å². The first-order valence-corrected chi connectivity index (χ1v) is 7.05. The van der Waals surface area contributed by atoms with Crippen molar-refractivity contribution in [1.29, 1.82) is 0 Å². The molecule has 0 saturated heterocycles. The van der Waals surface area contributed by atoms with E-state index in [1.807, 2.05) is 24.3 Å². The van der Waals surface area contributed by atoms with Crippen LogP contribution in [0.15, 0.2) is 24.3 Å². The normalized spacial score (nSPS) is 17.2. The van der Waals surface area contributed by atoms with E-state index in [9.17, 15) is 4.79 Å². The molecule has 1 aliphatic carbocycles. The number of benzene rings is 1. The van der Waals surface area contributed by atoms with Crippen LogP contribution in [0.5, 0.6) is 0 Å². The molecular weight excluding hydrogens is 238 g/mol. The van der Waals surface area contributed by atoms with Gasteiger partial charge in [0.05, 0.1) is 0 Å². The van der Waals surface area contributed by atoms with Crippen LogP contribution < -0.4 is 16.4 Å². The molecular formula is C15H23N3O. The summed E-state index contributed by atoms with van der Waals surface area (Å²) in [4.78, 5) is 11.9. The van der Waals surface area contributed by atoms with Crippen molar-refractivity contribution < 1.29 is 4.79 Å². The summed E-state index contributed by atoms with van der Waals surface area (Å²) in [7, 11) is 0. The number of hydrogen-bond donors (Lipinski definition) is 3. The third-order valence-corrected chi connectivity index (χ3v) is 3.89. The van der Waals surface area contributed by atoms with E-state index in [-0.39, 0.29) is 12.1 Å². The van der Waals surface area contributed by atoms with Crippen molar-refractivity contribution in [3.63, 3.8) is 0 Å². The summed E-state index contributed by atoms with van der Waals surface area (Å²) in [6.07, 6.45) is 5.03. The smallest absolute Gasteiger partial charge is 0.319 e. The number of rotatable bonds is 4. The molecule has 0 aromatic heterocycles. The third-order valence-electron chi connectivity index (χ3n) is 3.89. The Morgan fingerprint density at radius 2 is 2.16 bits per heavy atom. The van der Waals surface area contributed by atoms with E-state index in [2.05, 4.69) is 17.6 Å². The molecule has 2 amide bonds. The Bertz CT molecular complexity index is 427. The van der Waals surface area contributed by atoms with Crippen molar-refractivity contribution in [2.24, 2.45) is 11.7 Å². The summed E-state index contributed by atoms with van der Waals surface area (Å²) in [5.74, 6) is 0.626. The Hall–Kier alpha value is -1.55. The summed E-state index contributed by atoms with van der Waals surface area (Å²) in [6.45, 7) is 2.57. The van der Waals surface area contributed by atoms with Crippen LogP contribution in [-0.4, -0.2) is 12.1 Å². The van der Waals surface area contributed by atoms with Crippen molar-refractivity contribution in [1.82, 2.24) is 5.32 Å². The Morgan fingerprint density at radius 3 is 2.84 bits per heavy atom. The van der Waals surface area contributed by atoms with Crippen LogP contribution in [0.2, 0.25) is 0 Å². The monoisotopic (exact) mass is 261 g/mol. The molecule has 0 spiro atoms. The van der Waals surface area contributed by atoms with Crippen LogP contribution in [0.3, 0.4) is 0 Å². The highest BCUT2D eigenvalue weighted by atomic mass is 16.2. The fourth-order valence-electron chi connectivity index (χ4n) is 2.73. The lowest BCUT2D eigenvalue weighted by Gasteiger charge is -2.20. The number of hydrogen-bond acceptors (Lipinski definition) is 2. The van der Waals surface area contributed by atoms with Crippen molar-refractivity contribution in [3.05, 3.63) is 29.8 Å². The lowest BCUT2D eigenvalue weighted by molar-refractivity contribution is 0.244. The molecule has 4 N–H and O–H groups in total. The lowest BCUT2D eigenvalue weighted by atomic mass is 10.0. The van der Waals surface area contributed by atoms with Gasteiger partial charge in [-0.2, -0.15) is 0 Å². The first-order valence-electron chi connectivity index (χ1n) is 7.05. The lowest BCUT2D eigenvalue weighted by Crippen LogP contribution is -2.39. The van der Waals surface area contributed by atoms with Gasteiger partial charge in [-0.25, -0.2) is 4.79 Å². The molecule has 0 heterocycles. The van der Waals surface area contributed by atoms with E-state index in [4.69, 9.17) is 5.73 Å². The van der Waals surface area contributed by atoms with E-state index >= 15 is 0 Å². The minimum absolute atomic E-state index is 0.131. The van der Waals surface area contributed by atoms with Crippen LogP contribution in [0.4, 0.5) is 10.5 Å². The zero-order chi connectivity index (χ0) is 13.7. The molecule has 1 aliphatic rings. The average molecular weight is 261 g/mol. The number of anilines is 1. The molecule has 1 unspecified atom stereocenters. The maximum absolute atomic E-state index is 11.9. The average Bonchev–Trinajstić information content (AvgIpc) is 2.92. The van der Waals surface area contributed by atoms with E-state index in [1.54, 1.807) is 0 Å². The van der Waals surface area contributed by atoms with Crippen LogP contribution >= 0.6 is 0 Å². The number of amides is 2. The van der Waals surface area contributed by atoms with E-state index in [0.29, 0.717) is 12.5 Å². The number of urea groups is 1. The molecule has 0 bridgehead atoms. The summed E-state index contributed by atoms with van der Waals surface area (Å²) >= 11 is 0. The van der Waals surface area contributed by atoms with Gasteiger partial charge >= 0.3 is 6.03 Å². The third kappa shape index (κ3) is 3.96. The van der Waals surface area contributed by atoms with E-state index < -0.39 is 0 Å². The van der Waals surface area contributed by atoms with Gasteiger partial charge in [0.25, 0.3) is 0 Å². The van der Waals surface area contributed by atoms with Gasteiger partial charge in [-0.05, 0) is 43.4 Å². The molecule has 1 atom stereocenters. The zero-order valence-corrected chi connectivity index (χ0v) is 11.5. The molecule has 1 aromatic carbocycles. The second-order valence-corrected chi connectivity index (χ2v) is 5.34. The molecule has 1 saturated carbocycles. The molecule has 19 heavy (non-hydrogen) atoms. The largest absolute Gasteiger partial charge is 0.335 e. The van der Waals surface area contributed by atoms with Crippen LogP contribution in [0, 0.1) is 5.92 Å². The number of nitrogens with two attached hydrogens (primary N) is 1. The standard InChI is InChI=1S/C15H23N3O/c1-11(13-6-2-3-7-13)17-15(19)18-14-8-4-5-12(9-14)10-16/h4-5,8-9,11,13H,2-3,6-7,10,16H2,1H3,(H2,17,18,19). The summed E-state index contributed by atoms with van der Waals surface area (Å²) in [6, 6.07) is 7.73. The Balaban J connectivity index is 1.86. The second-order valence-electron chi connectivity index (χ2n) is 5.34. The van der Waals surface area contributed by atoms with E-state index in [0.717, 1.165) is 11.3 Å². The highest BCUT2D eigenvalue weighted by Crippen LogP contribution is 2.27. The van der Waals surface area contributed by atoms with Gasteiger partial charge in [-0.15, -0.1) is 0 Å². The quantitative estimate of drug-likeness (QED) is 0.780. The SMILES string of the molecule is CC(NC(=O)Nc1cccc(CN)c1)C1CCCC1. The Labute approximate surface area is 114 Å². The number of nitrogens with one attached hydrogen (secondary N) is 2. The maximum atomic E-state index is 11.9. The van der Waals surface area contributed by atoms with Gasteiger partial charge in [0.2, 0.25) is 0 Å². The minimum Gasteiger partial charge on any atom is -0.335 e. The van der Waals surface area contributed by atoms with Gasteiger partial charge in [0.15, 0.2) is 0 Å². The van der Waals surface area contributed by atoms with Crippen molar-refractivity contribution in [3.8, 4) is 0 Å². The van der Waals surface area contributed by atoms with Gasteiger partial charge in [0.1, 0.15) is 0 Å². The van der Waals surface area contributed by atoms with Crippen LogP contribution in [-0.2, 0) is 6.54 Å². The summed E-state index contributed by atoms with van der Waals surface area (Å²) in [5, 5.41) is 5.89. The highest BCUT2D eigenvalue weighted by Gasteiger charge is 2.22. The van der Waals surface area contributed by atoms with Gasteiger partial charge in [0, 0.05) is 18.3 Å². The molecule has 4 heteroatoms. The molecule has 4 nitrogen and oxygen atoms in total. The van der Waals surface area contributed by atoms with E-state index in [1.165, 1.54) is 25.7 Å². The minimum atomic E-state index is -0.131. The fourth-order valence-corrected chi connectivity index (χ4v) is 2.73. The zero-order valence-electron chi connectivity index (χ0n) is 11.5. The first kappa shape index (κ1) is 13.9. The predicted octanol–water partition coefficient (Wildman–Crippen LogP) is 2.85. The van der Waals surface area contributed by atoms with Gasteiger partial charge in [-0.3, -0.25) is 0 Å². The van der Waals surface area contributed by atoms with Crippen molar-refractivity contribution in [2.45, 2.75) is 45.2 Å². The molecule has 104 valence electrons. The summed E-state index contributed by atoms with van der Waals surface area (Å²) in [5.41, 5.74) is 7.39. The Morgan fingerprint density at radius 1 is 1.42 bits per heavy atom. The van der Waals surface area contributed by atoms with Crippen molar-refractivity contribution in [2.75, 3.05) is 5.32 Å². The van der Waals surface area contributed by atoms with Gasteiger partial charge < -0.3 is 16.4 Å². The fraction of sp³-hybridized carbons (Fsp3) is 0.533. The van der Waals surface area contributed by atoms with Crippen molar-refractivity contribution >= 4 is 11.7 Å². The maximum Gasteiger partial charge on any atom is 0.319 e. The Kier molecular flexibility index (Phi) is 4.80. The molecule has 1 aromatic rings. The molecule has 1 fully saturated rings. The molecule has 2 rings (SSSR count). The number of carbonyl (C=O) groups excluding carboxylic acids is 1. The summed E-state index contributed by atoms with van der Waals surface area (Å²) < 4.78 is 0. The molecule has 0 aliphatic heterocycles. The van der Waals surface area contributed by atoms with Crippen LogP contribution in [0.25, 0.3) is 0 Å². The molecule has 0 radical (unpaired) electrons. The number of carbonyl (C=O) groups is 1. The highest BCUT2D eigenvalue weighted by molar-refractivity contribution is 5.89. The first-order chi connectivity index (χ1) is 9.19. The van der Waals surface area contributed by atoms with Gasteiger partial charge in [-0.1, -0.05) is 25.0 Å².